The first-order chi connectivity index (χ1) is 17.3. The molecule has 1 aromatic carbocycles. The van der Waals surface area contributed by atoms with E-state index in [1.807, 2.05) is 4.90 Å². The predicted octanol–water partition coefficient (Wildman–Crippen LogP) is 4.10. The Balaban J connectivity index is 1.60. The number of nitrogens with zero attached hydrogens (tertiary/aromatic N) is 5. The van der Waals surface area contributed by atoms with Crippen LogP contribution in [0.2, 0.25) is 10.0 Å². The van der Waals surface area contributed by atoms with Gasteiger partial charge in [-0.3, -0.25) is 16.1 Å². The summed E-state index contributed by atoms with van der Waals surface area (Å²) < 4.78 is 11.3. The second-order valence-corrected chi connectivity index (χ2v) is 8.96. The van der Waals surface area contributed by atoms with Crippen molar-refractivity contribution >= 4 is 40.5 Å². The molecule has 12 heteroatoms. The van der Waals surface area contributed by atoms with Crippen molar-refractivity contribution in [3.05, 3.63) is 63.7 Å². The molecule has 10 nitrogen and oxygen atoms in total. The zero-order valence-corrected chi connectivity index (χ0v) is 20.9. The van der Waals surface area contributed by atoms with Gasteiger partial charge in [-0.15, -0.1) is 0 Å². The minimum Gasteiger partial charge on any atom is -0.493 e. The number of methoxy groups -OCH3 is 1. The number of halogens is 2. The van der Waals surface area contributed by atoms with E-state index in [2.05, 4.69) is 21.0 Å². The number of nitrogen functional groups attached to an aromatic ring is 1. The van der Waals surface area contributed by atoms with Gasteiger partial charge >= 0.3 is 0 Å². The fraction of sp³-hybridized carbons (Fsp3) is 0.292. The summed E-state index contributed by atoms with van der Waals surface area (Å²) in [5.41, 5.74) is 14.1. The third-order valence-corrected chi connectivity index (χ3v) is 6.52. The number of aromatic nitrogens is 3. The van der Waals surface area contributed by atoms with Crippen molar-refractivity contribution in [2.24, 2.45) is 5.73 Å². The van der Waals surface area contributed by atoms with E-state index in [1.54, 1.807) is 24.5 Å². The average molecular weight is 527 g/mol. The second-order valence-electron chi connectivity index (χ2n) is 8.14. The van der Waals surface area contributed by atoms with Crippen LogP contribution in [-0.2, 0) is 0 Å². The first kappa shape index (κ1) is 25.4. The molecule has 0 amide bonds. The highest BCUT2D eigenvalue weighted by atomic mass is 35.5. The van der Waals surface area contributed by atoms with Gasteiger partial charge in [0.2, 0.25) is 5.95 Å². The Hall–Kier alpha value is -3.65. The van der Waals surface area contributed by atoms with Gasteiger partial charge in [-0.1, -0.05) is 23.2 Å². The molecule has 2 aromatic heterocycles. The fourth-order valence-corrected chi connectivity index (χ4v) is 4.68. The molecule has 1 aliphatic heterocycles. The van der Waals surface area contributed by atoms with Crippen LogP contribution >= 0.6 is 23.2 Å². The van der Waals surface area contributed by atoms with Crippen LogP contribution in [0.5, 0.6) is 11.5 Å². The molecular formula is C24H24Cl2N8O2. The van der Waals surface area contributed by atoms with Crippen molar-refractivity contribution in [3.63, 3.8) is 0 Å². The Morgan fingerprint density at radius 3 is 2.56 bits per heavy atom. The maximum atomic E-state index is 9.07. The Bertz CT molecular complexity index is 1290. The smallest absolute Gasteiger partial charge is 0.225 e. The van der Waals surface area contributed by atoms with E-state index in [9.17, 15) is 0 Å². The van der Waals surface area contributed by atoms with E-state index in [0.29, 0.717) is 40.5 Å². The lowest BCUT2D eigenvalue weighted by Gasteiger charge is -2.22. The van der Waals surface area contributed by atoms with E-state index in [1.165, 1.54) is 19.5 Å². The molecule has 4 rings (SSSR count). The lowest BCUT2D eigenvalue weighted by molar-refractivity contribution is 0.204. The topological polar surface area (TPSA) is 160 Å². The molecule has 3 aromatic rings. The first-order valence-electron chi connectivity index (χ1n) is 11.1. The third-order valence-electron chi connectivity index (χ3n) is 5.92. The summed E-state index contributed by atoms with van der Waals surface area (Å²) in [6.45, 7) is 0.793. The van der Waals surface area contributed by atoms with Crippen LogP contribution in [0.25, 0.3) is 0 Å². The maximum Gasteiger partial charge on any atom is 0.225 e. The standard InChI is InChI=1S/C24H24Cl2N8O2/c1-35-19-8-18(28)15(7-20(19)36-23(30)21-16(25)11-31-12-17(21)26)22(29)13-9-32-24(33-10-13)34-6-2-3-14(34)4-5-27/h7-12,14,23,29H,2-4,6,28,30H2,1H3/t14-,23+/m1/s1. The van der Waals surface area contributed by atoms with E-state index < -0.39 is 6.23 Å². The normalized spacial score (nSPS) is 15.9. The zero-order chi connectivity index (χ0) is 25.8. The average Bonchev–Trinajstić information content (AvgIpc) is 3.33. The van der Waals surface area contributed by atoms with Gasteiger partial charge in [0.15, 0.2) is 17.7 Å². The number of nitrogens with one attached hydrogen (secondary N) is 1. The molecule has 0 saturated carbocycles. The summed E-state index contributed by atoms with van der Waals surface area (Å²) in [6, 6.07) is 5.43. The molecule has 5 N–H and O–H groups in total. The predicted molar refractivity (Wildman–Crippen MR) is 138 cm³/mol. The Morgan fingerprint density at radius 1 is 1.22 bits per heavy atom. The molecule has 1 saturated heterocycles. The highest BCUT2D eigenvalue weighted by Crippen LogP contribution is 2.37. The minimum atomic E-state index is -1.03. The second kappa shape index (κ2) is 11.0. The number of nitriles is 1. The van der Waals surface area contributed by atoms with Crippen molar-refractivity contribution in [1.82, 2.24) is 15.0 Å². The van der Waals surface area contributed by atoms with Crippen LogP contribution in [0, 0.1) is 16.7 Å². The Kier molecular flexibility index (Phi) is 7.74. The van der Waals surface area contributed by atoms with Crippen molar-refractivity contribution in [1.29, 1.82) is 10.7 Å². The largest absolute Gasteiger partial charge is 0.493 e. The highest BCUT2D eigenvalue weighted by molar-refractivity contribution is 6.35. The van der Waals surface area contributed by atoms with E-state index in [0.717, 1.165) is 19.4 Å². The van der Waals surface area contributed by atoms with Crippen LogP contribution in [0.4, 0.5) is 11.6 Å². The summed E-state index contributed by atoms with van der Waals surface area (Å²) in [7, 11) is 1.47. The minimum absolute atomic E-state index is 0.0927. The molecule has 0 spiro atoms. The van der Waals surface area contributed by atoms with E-state index in [-0.39, 0.29) is 27.5 Å². The van der Waals surface area contributed by atoms with Crippen molar-refractivity contribution in [2.75, 3.05) is 24.3 Å². The number of pyridine rings is 1. The summed E-state index contributed by atoms with van der Waals surface area (Å²) in [4.78, 5) is 14.8. The maximum absolute atomic E-state index is 9.07. The zero-order valence-electron chi connectivity index (χ0n) is 19.4. The van der Waals surface area contributed by atoms with Crippen LogP contribution in [0.15, 0.2) is 36.9 Å². The Labute approximate surface area is 218 Å². The molecule has 186 valence electrons. The van der Waals surface area contributed by atoms with Crippen LogP contribution < -0.4 is 25.8 Å². The third kappa shape index (κ3) is 5.14. The van der Waals surface area contributed by atoms with Gasteiger partial charge in [-0.2, -0.15) is 5.26 Å². The van der Waals surface area contributed by atoms with Gasteiger partial charge < -0.3 is 20.1 Å². The summed E-state index contributed by atoms with van der Waals surface area (Å²) in [5, 5.41) is 18.3. The number of hydrogen-bond acceptors (Lipinski definition) is 10. The lowest BCUT2D eigenvalue weighted by Crippen LogP contribution is -2.30. The fourth-order valence-electron chi connectivity index (χ4n) is 4.10. The van der Waals surface area contributed by atoms with Gasteiger partial charge in [0.1, 0.15) is 0 Å². The molecular weight excluding hydrogens is 503 g/mol. The highest BCUT2D eigenvalue weighted by Gasteiger charge is 2.27. The summed E-state index contributed by atoms with van der Waals surface area (Å²) in [5.74, 6) is 1.11. The molecule has 1 fully saturated rings. The van der Waals surface area contributed by atoms with Crippen molar-refractivity contribution < 1.29 is 9.47 Å². The van der Waals surface area contributed by atoms with E-state index in [4.69, 9.17) is 54.8 Å². The molecule has 0 bridgehead atoms. The number of nitrogens with two attached hydrogens (primary N) is 2. The lowest BCUT2D eigenvalue weighted by atomic mass is 10.0. The van der Waals surface area contributed by atoms with Crippen molar-refractivity contribution in [2.45, 2.75) is 31.5 Å². The first-order valence-corrected chi connectivity index (χ1v) is 11.8. The van der Waals surface area contributed by atoms with Gasteiger partial charge in [0, 0.05) is 65.8 Å². The van der Waals surface area contributed by atoms with Crippen molar-refractivity contribution in [3.8, 4) is 17.6 Å². The van der Waals surface area contributed by atoms with E-state index >= 15 is 0 Å². The number of anilines is 2. The van der Waals surface area contributed by atoms with Crippen LogP contribution in [-0.4, -0.2) is 40.4 Å². The molecule has 0 aliphatic carbocycles. The summed E-state index contributed by atoms with van der Waals surface area (Å²) in [6.07, 6.45) is 7.27. The van der Waals surface area contributed by atoms with Gasteiger partial charge in [-0.05, 0) is 18.9 Å². The molecule has 2 atom stereocenters. The number of hydrogen-bond donors (Lipinski definition) is 3. The monoisotopic (exact) mass is 526 g/mol. The SMILES string of the molecule is COc1cc(N)c(C(=N)c2cnc(N3CCC[C@@H]3CC#N)nc2)cc1O[C@H](N)c1c(Cl)cncc1Cl. The van der Waals surface area contributed by atoms with Gasteiger partial charge in [0.25, 0.3) is 0 Å². The Morgan fingerprint density at radius 2 is 1.92 bits per heavy atom. The summed E-state index contributed by atoms with van der Waals surface area (Å²) >= 11 is 12.4. The quantitative estimate of drug-likeness (QED) is 0.223. The molecule has 3 heterocycles. The number of rotatable bonds is 8. The molecule has 1 aliphatic rings. The molecule has 0 radical (unpaired) electrons. The molecule has 0 unspecified atom stereocenters. The number of benzene rings is 1. The molecule has 36 heavy (non-hydrogen) atoms. The van der Waals surface area contributed by atoms with Crippen LogP contribution in [0.3, 0.4) is 0 Å². The van der Waals surface area contributed by atoms with Gasteiger partial charge in [0.05, 0.1) is 35.4 Å². The number of ether oxygens (including phenoxy) is 2. The van der Waals surface area contributed by atoms with Gasteiger partial charge in [-0.25, -0.2) is 9.97 Å². The van der Waals surface area contributed by atoms with Crippen LogP contribution in [0.1, 0.15) is 42.2 Å².